The van der Waals surface area contributed by atoms with Crippen LogP contribution in [0.4, 0.5) is 11.4 Å². The summed E-state index contributed by atoms with van der Waals surface area (Å²) in [6.45, 7) is 1.32. The van der Waals surface area contributed by atoms with Crippen LogP contribution in [0.25, 0.3) is 0 Å². The minimum absolute atomic E-state index is 0.119. The van der Waals surface area contributed by atoms with E-state index in [1.54, 1.807) is 30.3 Å². The molecule has 4 aromatic carbocycles. The van der Waals surface area contributed by atoms with Crippen molar-refractivity contribution in [2.75, 3.05) is 30.9 Å². The highest BCUT2D eigenvalue weighted by molar-refractivity contribution is 6.30. The quantitative estimate of drug-likeness (QED) is 0.112. The van der Waals surface area contributed by atoms with Gasteiger partial charge in [-0.3, -0.25) is 4.79 Å². The number of ketones is 1. The van der Waals surface area contributed by atoms with E-state index in [0.717, 1.165) is 30.0 Å². The number of anilines is 2. The Morgan fingerprint density at radius 1 is 0.872 bits per heavy atom. The van der Waals surface area contributed by atoms with Gasteiger partial charge in [0, 0.05) is 40.5 Å². The third-order valence-electron chi connectivity index (χ3n) is 6.13. The van der Waals surface area contributed by atoms with E-state index in [-0.39, 0.29) is 5.78 Å². The van der Waals surface area contributed by atoms with Crippen molar-refractivity contribution < 1.29 is 19.1 Å². The largest absolute Gasteiger partial charge is 0.494 e. The van der Waals surface area contributed by atoms with Crippen molar-refractivity contribution in [1.29, 1.82) is 0 Å². The fourth-order valence-corrected chi connectivity index (χ4v) is 4.32. The first kappa shape index (κ1) is 27.7. The lowest BCUT2D eigenvalue weighted by Crippen LogP contribution is -2.33. The van der Waals surface area contributed by atoms with Crippen LogP contribution in [0, 0.1) is 0 Å². The molecule has 0 bridgehead atoms. The van der Waals surface area contributed by atoms with Gasteiger partial charge in [-0.1, -0.05) is 72.3 Å². The second-order valence-electron chi connectivity index (χ2n) is 8.95. The minimum Gasteiger partial charge on any atom is -0.494 e. The standard InChI is InChI=1S/C32H31ClN2O4/c1-38-32(37)30(35-29-14-6-5-13-28(29)31(36)24-9-3-2-4-10-24)21-23-15-17-27(18-16-23)39-20-8-19-34-26-12-7-11-25(33)22-26/h2-7,9-18,22,30,34-35H,8,19-21H2,1H3/t30-/m0/s1. The van der Waals surface area contributed by atoms with E-state index in [9.17, 15) is 9.59 Å². The molecule has 0 aliphatic carbocycles. The summed E-state index contributed by atoms with van der Waals surface area (Å²) in [6.07, 6.45) is 1.20. The number of hydrogen-bond donors (Lipinski definition) is 2. The van der Waals surface area contributed by atoms with Crippen molar-refractivity contribution in [3.63, 3.8) is 0 Å². The molecule has 0 spiro atoms. The Labute approximate surface area is 233 Å². The summed E-state index contributed by atoms with van der Waals surface area (Å²) in [7, 11) is 1.36. The van der Waals surface area contributed by atoms with Gasteiger partial charge >= 0.3 is 5.97 Å². The zero-order chi connectivity index (χ0) is 27.5. The first-order chi connectivity index (χ1) is 19.0. The normalized spacial score (nSPS) is 11.3. The summed E-state index contributed by atoms with van der Waals surface area (Å²) < 4.78 is 10.9. The van der Waals surface area contributed by atoms with Gasteiger partial charge in [0.05, 0.1) is 13.7 Å². The highest BCUT2D eigenvalue weighted by Gasteiger charge is 2.22. The molecule has 0 saturated carbocycles. The highest BCUT2D eigenvalue weighted by Crippen LogP contribution is 2.22. The highest BCUT2D eigenvalue weighted by atomic mass is 35.5. The minimum atomic E-state index is -0.677. The first-order valence-electron chi connectivity index (χ1n) is 12.8. The zero-order valence-corrected chi connectivity index (χ0v) is 22.5. The molecule has 0 aliphatic heterocycles. The zero-order valence-electron chi connectivity index (χ0n) is 21.7. The number of rotatable bonds is 13. The molecular formula is C32H31ClN2O4. The maximum Gasteiger partial charge on any atom is 0.328 e. The van der Waals surface area contributed by atoms with Crippen molar-refractivity contribution in [3.8, 4) is 5.75 Å². The van der Waals surface area contributed by atoms with Gasteiger partial charge in [0.25, 0.3) is 0 Å². The predicted molar refractivity (Wildman–Crippen MR) is 156 cm³/mol. The smallest absolute Gasteiger partial charge is 0.328 e. The summed E-state index contributed by atoms with van der Waals surface area (Å²) in [5.74, 6) is 0.221. The van der Waals surface area contributed by atoms with Gasteiger partial charge in [-0.25, -0.2) is 4.79 Å². The van der Waals surface area contributed by atoms with Gasteiger partial charge in [0.1, 0.15) is 11.8 Å². The summed E-state index contributed by atoms with van der Waals surface area (Å²) >= 11 is 6.01. The number of benzene rings is 4. The lowest BCUT2D eigenvalue weighted by Gasteiger charge is -2.20. The van der Waals surface area contributed by atoms with Crippen molar-refractivity contribution >= 4 is 34.7 Å². The average Bonchev–Trinajstić information content (AvgIpc) is 2.97. The fraction of sp³-hybridized carbons (Fsp3) is 0.188. The fourth-order valence-electron chi connectivity index (χ4n) is 4.13. The molecule has 0 radical (unpaired) electrons. The molecular weight excluding hydrogens is 512 g/mol. The van der Waals surface area contributed by atoms with Gasteiger partial charge in [-0.15, -0.1) is 0 Å². The molecule has 0 heterocycles. The van der Waals surface area contributed by atoms with Crippen LogP contribution in [0.15, 0.2) is 103 Å². The predicted octanol–water partition coefficient (Wildman–Crippen LogP) is 6.65. The van der Waals surface area contributed by atoms with Crippen molar-refractivity contribution in [2.45, 2.75) is 18.9 Å². The third-order valence-corrected chi connectivity index (χ3v) is 6.36. The van der Waals surface area contributed by atoms with E-state index in [1.165, 1.54) is 7.11 Å². The molecule has 0 fully saturated rings. The molecule has 4 aromatic rings. The van der Waals surface area contributed by atoms with Gasteiger partial charge in [0.15, 0.2) is 5.78 Å². The average molecular weight is 543 g/mol. The Balaban J connectivity index is 1.34. The molecule has 4 rings (SSSR count). The summed E-state index contributed by atoms with van der Waals surface area (Å²) in [5.41, 5.74) is 3.56. The Morgan fingerprint density at radius 2 is 1.62 bits per heavy atom. The molecule has 0 aromatic heterocycles. The number of ether oxygens (including phenoxy) is 2. The molecule has 6 nitrogen and oxygen atoms in total. The molecule has 2 N–H and O–H groups in total. The number of carbonyl (C=O) groups excluding carboxylic acids is 2. The number of hydrogen-bond acceptors (Lipinski definition) is 6. The maximum absolute atomic E-state index is 13.1. The van der Waals surface area contributed by atoms with Gasteiger partial charge in [-0.2, -0.15) is 0 Å². The SMILES string of the molecule is COC(=O)[C@H](Cc1ccc(OCCCNc2cccc(Cl)c2)cc1)Nc1ccccc1C(=O)c1ccccc1. The topological polar surface area (TPSA) is 76.7 Å². The lowest BCUT2D eigenvalue weighted by molar-refractivity contribution is -0.141. The Hall–Kier alpha value is -4.29. The number of para-hydroxylation sites is 1. The summed E-state index contributed by atoms with van der Waals surface area (Å²) in [4.78, 5) is 25.8. The number of nitrogens with one attached hydrogen (secondary N) is 2. The monoisotopic (exact) mass is 542 g/mol. The Bertz CT molecular complexity index is 1380. The maximum atomic E-state index is 13.1. The van der Waals surface area contributed by atoms with Crippen molar-refractivity contribution in [2.24, 2.45) is 0 Å². The lowest BCUT2D eigenvalue weighted by atomic mass is 10.00. The van der Waals surface area contributed by atoms with E-state index in [0.29, 0.717) is 34.9 Å². The van der Waals surface area contributed by atoms with Crippen LogP contribution in [0.1, 0.15) is 27.9 Å². The molecule has 1 atom stereocenters. The number of methoxy groups -OCH3 is 1. The molecule has 39 heavy (non-hydrogen) atoms. The van der Waals surface area contributed by atoms with E-state index >= 15 is 0 Å². The number of esters is 1. The first-order valence-corrected chi connectivity index (χ1v) is 13.2. The Kier molecular flexibility index (Phi) is 9.98. The van der Waals surface area contributed by atoms with Crippen LogP contribution in [0.2, 0.25) is 5.02 Å². The molecule has 0 saturated heterocycles. The van der Waals surface area contributed by atoms with Crippen LogP contribution >= 0.6 is 11.6 Å². The van der Waals surface area contributed by atoms with E-state index in [1.807, 2.05) is 72.8 Å². The van der Waals surface area contributed by atoms with Crippen molar-refractivity contribution in [1.82, 2.24) is 0 Å². The van der Waals surface area contributed by atoms with Gasteiger partial charge < -0.3 is 20.1 Å². The Morgan fingerprint density at radius 3 is 2.36 bits per heavy atom. The molecule has 7 heteroatoms. The van der Waals surface area contributed by atoms with Crippen molar-refractivity contribution in [3.05, 3.63) is 125 Å². The summed E-state index contributed by atoms with van der Waals surface area (Å²) in [6, 6.07) is 30.8. The molecule has 0 aliphatic rings. The second kappa shape index (κ2) is 14.0. The number of halogens is 1. The molecule has 0 unspecified atom stereocenters. The van der Waals surface area contributed by atoms with E-state index in [2.05, 4.69) is 10.6 Å². The summed E-state index contributed by atoms with van der Waals surface area (Å²) in [5, 5.41) is 7.26. The second-order valence-corrected chi connectivity index (χ2v) is 9.38. The van der Waals surface area contributed by atoms with Gasteiger partial charge in [0.2, 0.25) is 0 Å². The van der Waals surface area contributed by atoms with Crippen LogP contribution in [-0.2, 0) is 16.0 Å². The molecule has 200 valence electrons. The van der Waals surface area contributed by atoms with Crippen LogP contribution < -0.4 is 15.4 Å². The van der Waals surface area contributed by atoms with Crippen LogP contribution in [-0.4, -0.2) is 38.1 Å². The van der Waals surface area contributed by atoms with Crippen LogP contribution in [0.5, 0.6) is 5.75 Å². The third kappa shape index (κ3) is 8.09. The van der Waals surface area contributed by atoms with E-state index in [4.69, 9.17) is 21.1 Å². The van der Waals surface area contributed by atoms with Crippen LogP contribution in [0.3, 0.4) is 0 Å². The van der Waals surface area contributed by atoms with E-state index < -0.39 is 12.0 Å². The molecule has 0 amide bonds. The van der Waals surface area contributed by atoms with Gasteiger partial charge in [-0.05, 0) is 54.4 Å². The number of carbonyl (C=O) groups is 2.